The first-order valence-electron chi connectivity index (χ1n) is 12.9. The van der Waals surface area contributed by atoms with Crippen molar-refractivity contribution < 1.29 is 13.5 Å². The van der Waals surface area contributed by atoms with E-state index in [4.69, 9.17) is 4.74 Å². The van der Waals surface area contributed by atoms with Gasteiger partial charge in [-0.25, -0.2) is 15.0 Å². The van der Waals surface area contributed by atoms with Crippen LogP contribution >= 0.6 is 0 Å². The summed E-state index contributed by atoms with van der Waals surface area (Å²) < 4.78 is 31.0. The van der Waals surface area contributed by atoms with Gasteiger partial charge in [0.25, 0.3) is 0 Å². The Kier molecular flexibility index (Phi) is 7.48. The third-order valence-corrected chi connectivity index (χ3v) is 8.68. The number of H-pyrrole nitrogens is 1. The van der Waals surface area contributed by atoms with Crippen LogP contribution in [0.5, 0.6) is 0 Å². The quantitative estimate of drug-likeness (QED) is 0.480. The van der Waals surface area contributed by atoms with Crippen molar-refractivity contribution in [3.05, 3.63) is 30.0 Å². The zero-order valence-corrected chi connectivity index (χ0v) is 21.7. The van der Waals surface area contributed by atoms with Crippen molar-refractivity contribution in [2.75, 3.05) is 19.7 Å². The van der Waals surface area contributed by atoms with E-state index in [2.05, 4.69) is 38.7 Å². The van der Waals surface area contributed by atoms with E-state index in [9.17, 15) is 8.76 Å². The van der Waals surface area contributed by atoms with Gasteiger partial charge < -0.3 is 14.3 Å². The van der Waals surface area contributed by atoms with E-state index in [0.717, 1.165) is 79.4 Å². The topological polar surface area (TPSA) is 107 Å². The van der Waals surface area contributed by atoms with Crippen LogP contribution in [-0.4, -0.2) is 64.8 Å². The maximum Gasteiger partial charge on any atom is 0.159 e. The van der Waals surface area contributed by atoms with Crippen LogP contribution in [0.3, 0.4) is 0 Å². The van der Waals surface area contributed by atoms with Gasteiger partial charge in [-0.1, -0.05) is 13.8 Å². The van der Waals surface area contributed by atoms with E-state index in [1.807, 2.05) is 19.2 Å². The molecular formula is C26H36N5O3S-. The van der Waals surface area contributed by atoms with Crippen molar-refractivity contribution in [3.8, 4) is 0 Å². The maximum atomic E-state index is 12.4. The molecule has 35 heavy (non-hydrogen) atoms. The van der Waals surface area contributed by atoms with E-state index >= 15 is 0 Å². The van der Waals surface area contributed by atoms with Gasteiger partial charge in [0, 0.05) is 35.8 Å². The number of piperidine rings is 1. The van der Waals surface area contributed by atoms with Crippen LogP contribution in [0.25, 0.3) is 21.9 Å². The van der Waals surface area contributed by atoms with Crippen LogP contribution in [0.15, 0.2) is 18.5 Å². The minimum absolute atomic E-state index is 0.128. The van der Waals surface area contributed by atoms with Gasteiger partial charge >= 0.3 is 0 Å². The molecule has 8 nitrogen and oxygen atoms in total. The van der Waals surface area contributed by atoms with Crippen LogP contribution in [0.4, 0.5) is 0 Å². The Labute approximate surface area is 209 Å². The standard InChI is InChI=1S/C26H37N5O3S/c1-16(2)15-34-20-5-4-12-31(14-20)26(35(32)33)19-8-6-18(7-9-19)24-23-21-10-11-27-25(21)28-13-22(23)29-17(3)30-24/h10-11,13,16,18-20,26H,4-9,12,14-15H2,1-3H3,(H,29,30)(H,32,33)/p-1. The molecule has 1 aliphatic heterocycles. The Morgan fingerprint density at radius 3 is 2.77 bits per heavy atom. The van der Waals surface area contributed by atoms with E-state index in [1.165, 1.54) is 5.69 Å². The normalized spacial score (nSPS) is 25.9. The molecule has 1 aliphatic carbocycles. The summed E-state index contributed by atoms with van der Waals surface area (Å²) in [6.45, 7) is 8.54. The van der Waals surface area contributed by atoms with E-state index in [1.54, 1.807) is 6.20 Å². The molecule has 0 amide bonds. The third kappa shape index (κ3) is 5.28. The van der Waals surface area contributed by atoms with Gasteiger partial charge in [-0.3, -0.25) is 9.11 Å². The second kappa shape index (κ2) is 10.6. The Hall–Kier alpha value is -1.94. The fraction of sp³-hybridized carbons (Fsp3) is 0.654. The molecule has 5 rings (SSSR count). The average molecular weight is 499 g/mol. The fourth-order valence-electron chi connectivity index (χ4n) is 6.02. The molecule has 2 aliphatic rings. The highest BCUT2D eigenvalue weighted by molar-refractivity contribution is 7.79. The van der Waals surface area contributed by atoms with Crippen LogP contribution in [0.2, 0.25) is 0 Å². The molecule has 0 spiro atoms. The lowest BCUT2D eigenvalue weighted by molar-refractivity contribution is -0.0217. The summed E-state index contributed by atoms with van der Waals surface area (Å²) in [5.74, 6) is 1.83. The number of ether oxygens (including phenoxy) is 1. The lowest BCUT2D eigenvalue weighted by atomic mass is 9.79. The lowest BCUT2D eigenvalue weighted by Gasteiger charge is -2.44. The molecule has 9 heteroatoms. The highest BCUT2D eigenvalue weighted by atomic mass is 32.2. The number of aromatic amines is 1. The Morgan fingerprint density at radius 1 is 1.23 bits per heavy atom. The van der Waals surface area contributed by atoms with Crippen molar-refractivity contribution in [2.24, 2.45) is 11.8 Å². The molecule has 2 fully saturated rings. The van der Waals surface area contributed by atoms with Crippen LogP contribution < -0.4 is 0 Å². The zero-order chi connectivity index (χ0) is 24.5. The number of aryl methyl sites for hydroxylation is 1. The minimum atomic E-state index is -2.13. The van der Waals surface area contributed by atoms with Gasteiger partial charge in [0.2, 0.25) is 0 Å². The summed E-state index contributed by atoms with van der Waals surface area (Å²) in [6.07, 6.45) is 9.42. The Bertz CT molecular complexity index is 1190. The molecule has 3 atom stereocenters. The van der Waals surface area contributed by atoms with E-state index in [-0.39, 0.29) is 12.0 Å². The third-order valence-electron chi connectivity index (χ3n) is 7.60. The van der Waals surface area contributed by atoms with Gasteiger partial charge in [-0.05, 0) is 86.9 Å². The molecule has 190 valence electrons. The van der Waals surface area contributed by atoms with Gasteiger partial charge in [0.05, 0.1) is 23.2 Å². The zero-order valence-electron chi connectivity index (χ0n) is 20.9. The number of fused-ring (bicyclic) bond motifs is 3. The van der Waals surface area contributed by atoms with E-state index in [0.29, 0.717) is 18.4 Å². The highest BCUT2D eigenvalue weighted by Crippen LogP contribution is 2.41. The predicted octanol–water partition coefficient (Wildman–Crippen LogP) is 4.43. The summed E-state index contributed by atoms with van der Waals surface area (Å²) in [6, 6.07) is 2.01. The predicted molar refractivity (Wildman–Crippen MR) is 137 cm³/mol. The van der Waals surface area contributed by atoms with E-state index < -0.39 is 16.5 Å². The molecule has 1 saturated carbocycles. The lowest BCUT2D eigenvalue weighted by Crippen LogP contribution is -2.51. The monoisotopic (exact) mass is 498 g/mol. The van der Waals surface area contributed by atoms with Gasteiger partial charge in [0.1, 0.15) is 5.82 Å². The summed E-state index contributed by atoms with van der Waals surface area (Å²) in [5, 5.41) is 1.70. The first kappa shape index (κ1) is 24.7. The van der Waals surface area contributed by atoms with Gasteiger partial charge in [-0.15, -0.1) is 0 Å². The maximum absolute atomic E-state index is 12.4. The van der Waals surface area contributed by atoms with Crippen LogP contribution in [-0.2, 0) is 15.8 Å². The number of nitrogens with one attached hydrogen (secondary N) is 1. The largest absolute Gasteiger partial charge is 0.771 e. The Morgan fingerprint density at radius 2 is 2.03 bits per heavy atom. The van der Waals surface area contributed by atoms with Gasteiger partial charge in [0.15, 0.2) is 5.65 Å². The summed E-state index contributed by atoms with van der Waals surface area (Å²) in [5.41, 5.74) is 2.82. The van der Waals surface area contributed by atoms with Crippen LogP contribution in [0.1, 0.15) is 69.8 Å². The second-order valence-electron chi connectivity index (χ2n) is 10.7. The molecule has 0 bridgehead atoms. The fourth-order valence-corrected chi connectivity index (χ4v) is 7.04. The number of rotatable bonds is 7. The molecule has 0 aromatic carbocycles. The number of nitrogens with zero attached hydrogens (tertiary/aromatic N) is 4. The summed E-state index contributed by atoms with van der Waals surface area (Å²) in [4.78, 5) is 19.2. The molecular weight excluding hydrogens is 462 g/mol. The molecule has 3 aromatic rings. The molecule has 1 saturated heterocycles. The van der Waals surface area contributed by atoms with Crippen molar-refractivity contribution in [3.63, 3.8) is 0 Å². The Balaban J connectivity index is 1.33. The number of pyridine rings is 1. The summed E-state index contributed by atoms with van der Waals surface area (Å²) in [7, 11) is 0. The van der Waals surface area contributed by atoms with Crippen molar-refractivity contribution in [2.45, 2.75) is 76.7 Å². The molecule has 3 aromatic heterocycles. The number of likely N-dealkylation sites (tertiary alicyclic amines) is 1. The number of aromatic nitrogens is 4. The molecule has 1 N–H and O–H groups in total. The average Bonchev–Trinajstić information content (AvgIpc) is 3.32. The molecule has 3 unspecified atom stereocenters. The number of hydrogen-bond acceptors (Lipinski definition) is 7. The minimum Gasteiger partial charge on any atom is -0.771 e. The molecule has 0 radical (unpaired) electrons. The molecule has 4 heterocycles. The first-order valence-corrected chi connectivity index (χ1v) is 14.1. The van der Waals surface area contributed by atoms with Crippen molar-refractivity contribution in [1.29, 1.82) is 0 Å². The van der Waals surface area contributed by atoms with Crippen molar-refractivity contribution in [1.82, 2.24) is 24.8 Å². The SMILES string of the molecule is Cc1nc2cnc3nccc3c2c(C2CCC(C(N3CCCC(OCC(C)C)C3)S(=O)[O-])CC2)[nH]1. The second-order valence-corrected chi connectivity index (χ2v) is 11.7. The first-order chi connectivity index (χ1) is 16.9. The number of hydrogen-bond donors (Lipinski definition) is 1. The highest BCUT2D eigenvalue weighted by Gasteiger charge is 2.36. The van der Waals surface area contributed by atoms with Crippen LogP contribution in [0, 0.1) is 18.8 Å². The summed E-state index contributed by atoms with van der Waals surface area (Å²) >= 11 is -2.13. The van der Waals surface area contributed by atoms with Gasteiger partial charge in [-0.2, -0.15) is 0 Å². The smallest absolute Gasteiger partial charge is 0.159 e. The van der Waals surface area contributed by atoms with Crippen molar-refractivity contribution >= 4 is 33.0 Å².